The molecule has 6 nitrogen and oxygen atoms in total. The van der Waals surface area contributed by atoms with Crippen molar-refractivity contribution in [3.8, 4) is 0 Å². The summed E-state index contributed by atoms with van der Waals surface area (Å²) in [6.45, 7) is 4.18. The highest BCUT2D eigenvalue weighted by Crippen LogP contribution is 2.15. The molecule has 0 radical (unpaired) electrons. The molecule has 1 amide bonds. The first-order valence-corrected chi connectivity index (χ1v) is 9.52. The molecule has 0 bridgehead atoms. The normalized spacial score (nSPS) is 11.1. The molecule has 0 aliphatic carbocycles. The minimum absolute atomic E-state index is 0.201. The molecule has 1 heterocycles. The zero-order valence-electron chi connectivity index (χ0n) is 15.8. The summed E-state index contributed by atoms with van der Waals surface area (Å²) in [5, 5.41) is 3.66. The second-order valence-corrected chi connectivity index (χ2v) is 7.52. The third kappa shape index (κ3) is 4.34. The van der Waals surface area contributed by atoms with Crippen LogP contribution in [0.4, 0.5) is 5.69 Å². The number of halogens is 1. The molecule has 0 unspecified atom stereocenters. The number of carbonyl (C=O) groups excluding carboxylic acids is 1. The highest BCUT2D eigenvalue weighted by molar-refractivity contribution is 6.30. The molecule has 1 aromatic heterocycles. The summed E-state index contributed by atoms with van der Waals surface area (Å²) in [7, 11) is 0. The number of nitrogens with one attached hydrogen (secondary N) is 1. The van der Waals surface area contributed by atoms with Crippen LogP contribution in [0.1, 0.15) is 20.3 Å². The van der Waals surface area contributed by atoms with Crippen LogP contribution in [-0.4, -0.2) is 15.0 Å². The summed E-state index contributed by atoms with van der Waals surface area (Å²) in [6.07, 6.45) is 0.697. The lowest BCUT2D eigenvalue weighted by Gasteiger charge is -2.15. The number of aromatic nitrogens is 2. The number of carbonyl (C=O) groups is 1. The van der Waals surface area contributed by atoms with Gasteiger partial charge in [-0.05, 0) is 42.7 Å². The van der Waals surface area contributed by atoms with E-state index in [1.807, 2.05) is 13.8 Å². The van der Waals surface area contributed by atoms with Crippen LogP contribution in [-0.2, 0) is 17.9 Å². The maximum Gasteiger partial charge on any atom is 0.331 e. The minimum atomic E-state index is -0.481. The highest BCUT2D eigenvalue weighted by Gasteiger charge is 2.15. The summed E-state index contributed by atoms with van der Waals surface area (Å²) in [6, 6.07) is 13.6. The van der Waals surface area contributed by atoms with Crippen LogP contribution in [0.25, 0.3) is 10.9 Å². The first-order valence-electron chi connectivity index (χ1n) is 9.14. The van der Waals surface area contributed by atoms with Crippen molar-refractivity contribution < 1.29 is 4.79 Å². The van der Waals surface area contributed by atoms with Gasteiger partial charge in [-0.2, -0.15) is 0 Å². The molecule has 0 atom stereocenters. The Balaban J connectivity index is 2.00. The number of benzene rings is 2. The van der Waals surface area contributed by atoms with Gasteiger partial charge in [0.1, 0.15) is 6.54 Å². The topological polar surface area (TPSA) is 73.1 Å². The van der Waals surface area contributed by atoms with E-state index in [2.05, 4.69) is 5.32 Å². The Bertz CT molecular complexity index is 1130. The molecule has 0 saturated carbocycles. The van der Waals surface area contributed by atoms with Crippen LogP contribution >= 0.6 is 11.6 Å². The van der Waals surface area contributed by atoms with Gasteiger partial charge in [-0.15, -0.1) is 0 Å². The second-order valence-electron chi connectivity index (χ2n) is 7.08. The Morgan fingerprint density at radius 1 is 1.07 bits per heavy atom. The summed E-state index contributed by atoms with van der Waals surface area (Å²) >= 11 is 5.95. The Morgan fingerprint density at radius 2 is 1.82 bits per heavy atom. The number of anilines is 1. The number of hydrogen-bond donors (Lipinski definition) is 1. The average molecular weight is 400 g/mol. The minimum Gasteiger partial charge on any atom is -0.324 e. The zero-order valence-corrected chi connectivity index (χ0v) is 16.6. The summed E-state index contributed by atoms with van der Waals surface area (Å²) in [4.78, 5) is 38.3. The molecule has 2 aromatic carbocycles. The van der Waals surface area contributed by atoms with Gasteiger partial charge in [-0.1, -0.05) is 43.6 Å². The molecule has 0 aliphatic heterocycles. The van der Waals surface area contributed by atoms with Crippen LogP contribution in [0, 0.1) is 5.92 Å². The molecular weight excluding hydrogens is 378 g/mol. The molecule has 28 heavy (non-hydrogen) atoms. The van der Waals surface area contributed by atoms with Crippen molar-refractivity contribution in [3.05, 3.63) is 74.4 Å². The van der Waals surface area contributed by atoms with Gasteiger partial charge in [-0.25, -0.2) is 4.79 Å². The first-order chi connectivity index (χ1) is 13.4. The van der Waals surface area contributed by atoms with Gasteiger partial charge in [0.05, 0.1) is 10.9 Å². The van der Waals surface area contributed by atoms with Crippen LogP contribution < -0.4 is 16.6 Å². The van der Waals surface area contributed by atoms with Crippen LogP contribution in [0.3, 0.4) is 0 Å². The first kappa shape index (κ1) is 19.9. The lowest BCUT2D eigenvalue weighted by molar-refractivity contribution is -0.116. The van der Waals surface area contributed by atoms with Crippen molar-refractivity contribution in [3.63, 3.8) is 0 Å². The second kappa shape index (κ2) is 8.44. The summed E-state index contributed by atoms with van der Waals surface area (Å²) < 4.78 is 2.56. The number of hydrogen-bond acceptors (Lipinski definition) is 3. The molecular formula is C21H22ClN3O3. The smallest absolute Gasteiger partial charge is 0.324 e. The van der Waals surface area contributed by atoms with E-state index in [1.54, 1.807) is 48.5 Å². The molecule has 0 spiro atoms. The van der Waals surface area contributed by atoms with Crippen LogP contribution in [0.2, 0.25) is 5.02 Å². The number of rotatable bonds is 6. The van der Waals surface area contributed by atoms with Gasteiger partial charge in [0.15, 0.2) is 0 Å². The van der Waals surface area contributed by atoms with E-state index < -0.39 is 5.69 Å². The van der Waals surface area contributed by atoms with E-state index in [9.17, 15) is 14.4 Å². The molecule has 0 aliphatic rings. The number of fused-ring (bicyclic) bond motifs is 1. The largest absolute Gasteiger partial charge is 0.331 e. The Hall–Kier alpha value is -2.86. The van der Waals surface area contributed by atoms with Crippen molar-refractivity contribution in [2.75, 3.05) is 5.32 Å². The van der Waals surface area contributed by atoms with E-state index >= 15 is 0 Å². The predicted molar refractivity (Wildman–Crippen MR) is 112 cm³/mol. The monoisotopic (exact) mass is 399 g/mol. The molecule has 146 valence electrons. The molecule has 0 fully saturated rings. The molecule has 7 heteroatoms. The molecule has 3 rings (SSSR count). The fourth-order valence-electron chi connectivity index (χ4n) is 3.02. The van der Waals surface area contributed by atoms with Crippen molar-refractivity contribution >= 4 is 34.1 Å². The Morgan fingerprint density at radius 3 is 2.54 bits per heavy atom. The molecule has 3 aromatic rings. The standard InChI is InChI=1S/C21H22ClN3O3/c1-14(2)10-11-24-20(27)17-8-3-4-9-18(17)25(21(24)28)13-19(26)23-16-7-5-6-15(22)12-16/h3-9,12,14H,10-11,13H2,1-2H3,(H,23,26). The fraction of sp³-hybridized carbons (Fsp3) is 0.286. The van der Waals surface area contributed by atoms with E-state index in [-0.39, 0.29) is 18.0 Å². The van der Waals surface area contributed by atoms with E-state index in [1.165, 1.54) is 9.13 Å². The maximum atomic E-state index is 13.0. The van der Waals surface area contributed by atoms with Crippen molar-refractivity contribution in [1.29, 1.82) is 0 Å². The SMILES string of the molecule is CC(C)CCn1c(=O)c2ccccc2n(CC(=O)Nc2cccc(Cl)c2)c1=O. The van der Waals surface area contributed by atoms with E-state index in [0.29, 0.717) is 40.5 Å². The van der Waals surface area contributed by atoms with Crippen LogP contribution in [0.5, 0.6) is 0 Å². The highest BCUT2D eigenvalue weighted by atomic mass is 35.5. The van der Waals surface area contributed by atoms with Gasteiger partial charge >= 0.3 is 5.69 Å². The van der Waals surface area contributed by atoms with Gasteiger partial charge in [0.2, 0.25) is 5.91 Å². The lowest BCUT2D eigenvalue weighted by Crippen LogP contribution is -2.42. The van der Waals surface area contributed by atoms with E-state index in [0.717, 1.165) is 0 Å². The van der Waals surface area contributed by atoms with Crippen molar-refractivity contribution in [2.45, 2.75) is 33.4 Å². The van der Waals surface area contributed by atoms with Crippen molar-refractivity contribution in [2.24, 2.45) is 5.92 Å². The van der Waals surface area contributed by atoms with Gasteiger partial charge in [-0.3, -0.25) is 18.7 Å². The summed E-state index contributed by atoms with van der Waals surface area (Å²) in [5.41, 5.74) is 0.181. The third-order valence-corrected chi connectivity index (χ3v) is 4.71. The third-order valence-electron chi connectivity index (χ3n) is 4.47. The van der Waals surface area contributed by atoms with Gasteiger partial charge in [0.25, 0.3) is 5.56 Å². The Labute approximate surface area is 167 Å². The maximum absolute atomic E-state index is 13.0. The average Bonchev–Trinajstić information content (AvgIpc) is 2.65. The number of amides is 1. The predicted octanol–water partition coefficient (Wildman–Crippen LogP) is 3.50. The zero-order chi connectivity index (χ0) is 20.3. The molecule has 0 saturated heterocycles. The van der Waals surface area contributed by atoms with Crippen molar-refractivity contribution in [1.82, 2.24) is 9.13 Å². The van der Waals surface area contributed by atoms with Gasteiger partial charge in [0, 0.05) is 17.3 Å². The van der Waals surface area contributed by atoms with Gasteiger partial charge < -0.3 is 5.32 Å². The lowest BCUT2D eigenvalue weighted by atomic mass is 10.1. The fourth-order valence-corrected chi connectivity index (χ4v) is 3.21. The summed E-state index contributed by atoms with van der Waals surface area (Å²) in [5.74, 6) is -0.0269. The molecule has 1 N–H and O–H groups in total. The number of para-hydroxylation sites is 1. The van der Waals surface area contributed by atoms with E-state index in [4.69, 9.17) is 11.6 Å². The van der Waals surface area contributed by atoms with Crippen LogP contribution in [0.15, 0.2) is 58.1 Å². The quantitative estimate of drug-likeness (QED) is 0.689. The number of nitrogens with zero attached hydrogens (tertiary/aromatic N) is 2. The Kier molecular flexibility index (Phi) is 5.99.